The number of fused-ring (bicyclic) bond motifs is 1. The Balaban J connectivity index is 2.19. The molecule has 2 N–H and O–H groups in total. The van der Waals surface area contributed by atoms with Crippen molar-refractivity contribution < 1.29 is 13.2 Å². The molecule has 0 atom stereocenters. The molecular formula is C10H7F3N6. The van der Waals surface area contributed by atoms with E-state index in [-0.39, 0.29) is 11.6 Å². The van der Waals surface area contributed by atoms with Crippen LogP contribution in [0.5, 0.6) is 0 Å². The summed E-state index contributed by atoms with van der Waals surface area (Å²) in [6.45, 7) is 0. The maximum Gasteiger partial charge on any atom is 0.419 e. The lowest BCUT2D eigenvalue weighted by atomic mass is 10.4. The largest absolute Gasteiger partial charge is 0.419 e. The zero-order valence-electron chi connectivity index (χ0n) is 9.33. The molecule has 3 aromatic heterocycles. The summed E-state index contributed by atoms with van der Waals surface area (Å²) in [7, 11) is 0. The van der Waals surface area contributed by atoms with Crippen molar-refractivity contribution >= 4 is 11.5 Å². The van der Waals surface area contributed by atoms with Gasteiger partial charge in [-0.15, -0.1) is 0 Å². The van der Waals surface area contributed by atoms with E-state index in [4.69, 9.17) is 5.73 Å². The number of nitrogens with zero attached hydrogens (tertiary/aromatic N) is 5. The third-order valence-corrected chi connectivity index (χ3v) is 2.50. The van der Waals surface area contributed by atoms with Crippen molar-refractivity contribution in [2.75, 3.05) is 5.73 Å². The lowest BCUT2D eigenvalue weighted by Crippen LogP contribution is -2.06. The van der Waals surface area contributed by atoms with E-state index in [2.05, 4.69) is 15.1 Å². The molecule has 0 fully saturated rings. The van der Waals surface area contributed by atoms with Gasteiger partial charge in [0, 0.05) is 18.6 Å². The minimum atomic E-state index is -4.45. The molecule has 0 saturated heterocycles. The van der Waals surface area contributed by atoms with E-state index in [0.717, 1.165) is 17.1 Å². The second-order valence-corrected chi connectivity index (χ2v) is 3.82. The molecule has 19 heavy (non-hydrogen) atoms. The average molecular weight is 268 g/mol. The second kappa shape index (κ2) is 3.70. The number of hydrogen-bond donors (Lipinski definition) is 1. The van der Waals surface area contributed by atoms with Crippen LogP contribution in [0.2, 0.25) is 0 Å². The summed E-state index contributed by atoms with van der Waals surface area (Å²) in [6.07, 6.45) is 1.74. The fourth-order valence-electron chi connectivity index (χ4n) is 1.67. The van der Waals surface area contributed by atoms with E-state index < -0.39 is 11.7 Å². The average Bonchev–Trinajstić information content (AvgIpc) is 2.94. The summed E-state index contributed by atoms with van der Waals surface area (Å²) in [4.78, 5) is 7.98. The number of hydrogen-bond acceptors (Lipinski definition) is 4. The van der Waals surface area contributed by atoms with Gasteiger partial charge in [-0.3, -0.25) is 0 Å². The van der Waals surface area contributed by atoms with Crippen LogP contribution in [0.3, 0.4) is 0 Å². The molecule has 9 heteroatoms. The van der Waals surface area contributed by atoms with Gasteiger partial charge in [0.05, 0.1) is 18.0 Å². The normalized spacial score (nSPS) is 12.2. The highest BCUT2D eigenvalue weighted by molar-refractivity contribution is 5.57. The lowest BCUT2D eigenvalue weighted by molar-refractivity contribution is -0.137. The number of aromatic nitrogens is 5. The molecule has 0 saturated carbocycles. The van der Waals surface area contributed by atoms with Crippen LogP contribution in [0.15, 0.2) is 31.0 Å². The predicted octanol–water partition coefficient (Wildman–Crippen LogP) is 1.52. The quantitative estimate of drug-likeness (QED) is 0.726. The summed E-state index contributed by atoms with van der Waals surface area (Å²) in [6, 6.07) is 0. The maximum atomic E-state index is 12.5. The number of rotatable bonds is 1. The number of imidazole rings is 1. The standard InChI is InChI=1S/C10H7F3N6/c11-10(12,13)6-3-16-19(4-6)9-8-15-1-2-18(8)5-7(14)17-9/h1-5H,14H2. The highest BCUT2D eigenvalue weighted by Gasteiger charge is 2.32. The van der Waals surface area contributed by atoms with E-state index in [1.54, 1.807) is 10.6 Å². The van der Waals surface area contributed by atoms with E-state index in [0.29, 0.717) is 5.65 Å². The Morgan fingerprint density at radius 1 is 1.21 bits per heavy atom. The second-order valence-electron chi connectivity index (χ2n) is 3.82. The summed E-state index contributed by atoms with van der Waals surface area (Å²) >= 11 is 0. The van der Waals surface area contributed by atoms with E-state index in [1.807, 2.05) is 0 Å². The summed E-state index contributed by atoms with van der Waals surface area (Å²) in [5.41, 5.74) is 5.10. The molecule has 0 amide bonds. The molecule has 0 radical (unpaired) electrons. The summed E-state index contributed by atoms with van der Waals surface area (Å²) in [5.74, 6) is 0.296. The molecule has 3 heterocycles. The van der Waals surface area contributed by atoms with E-state index >= 15 is 0 Å². The number of nitrogen functional groups attached to an aromatic ring is 1. The Morgan fingerprint density at radius 3 is 2.68 bits per heavy atom. The first-order chi connectivity index (χ1) is 8.95. The SMILES string of the molecule is Nc1cn2ccnc2c(-n2cc(C(F)(F)F)cn2)n1. The minimum Gasteiger partial charge on any atom is -0.382 e. The highest BCUT2D eigenvalue weighted by Crippen LogP contribution is 2.29. The number of alkyl halides is 3. The van der Waals surface area contributed by atoms with Crippen LogP contribution in [0, 0.1) is 0 Å². The predicted molar refractivity (Wildman–Crippen MR) is 59.5 cm³/mol. The van der Waals surface area contributed by atoms with Gasteiger partial charge < -0.3 is 10.1 Å². The van der Waals surface area contributed by atoms with Gasteiger partial charge in [0.2, 0.25) is 0 Å². The van der Waals surface area contributed by atoms with Gasteiger partial charge >= 0.3 is 6.18 Å². The van der Waals surface area contributed by atoms with Gasteiger partial charge in [-0.2, -0.15) is 18.3 Å². The van der Waals surface area contributed by atoms with Crippen LogP contribution in [0.1, 0.15) is 5.56 Å². The summed E-state index contributed by atoms with van der Waals surface area (Å²) < 4.78 is 40.2. The van der Waals surface area contributed by atoms with Gasteiger partial charge in [0.25, 0.3) is 0 Å². The lowest BCUT2D eigenvalue weighted by Gasteiger charge is -2.04. The smallest absolute Gasteiger partial charge is 0.382 e. The molecule has 0 unspecified atom stereocenters. The third kappa shape index (κ3) is 1.88. The van der Waals surface area contributed by atoms with Crippen molar-refractivity contribution in [3.05, 3.63) is 36.5 Å². The molecule has 0 spiro atoms. The maximum absolute atomic E-state index is 12.5. The number of nitrogens with two attached hydrogens (primary N) is 1. The first-order valence-electron chi connectivity index (χ1n) is 5.16. The zero-order chi connectivity index (χ0) is 13.6. The fourth-order valence-corrected chi connectivity index (χ4v) is 1.67. The molecule has 3 rings (SSSR count). The van der Waals surface area contributed by atoms with E-state index in [9.17, 15) is 13.2 Å². The van der Waals surface area contributed by atoms with Gasteiger partial charge in [-0.25, -0.2) is 14.6 Å². The topological polar surface area (TPSA) is 74.0 Å². The van der Waals surface area contributed by atoms with Crippen LogP contribution in [-0.4, -0.2) is 24.1 Å². The molecular weight excluding hydrogens is 261 g/mol. The highest BCUT2D eigenvalue weighted by atomic mass is 19.4. The zero-order valence-corrected chi connectivity index (χ0v) is 9.33. The van der Waals surface area contributed by atoms with Crippen LogP contribution < -0.4 is 5.73 Å². The van der Waals surface area contributed by atoms with Gasteiger partial charge in [-0.05, 0) is 0 Å². The van der Waals surface area contributed by atoms with Crippen molar-refractivity contribution in [2.24, 2.45) is 0 Å². The van der Waals surface area contributed by atoms with Crippen molar-refractivity contribution in [1.82, 2.24) is 24.1 Å². The van der Waals surface area contributed by atoms with Gasteiger partial charge in [-0.1, -0.05) is 0 Å². The number of anilines is 1. The van der Waals surface area contributed by atoms with Crippen LogP contribution in [-0.2, 0) is 6.18 Å². The van der Waals surface area contributed by atoms with Crippen molar-refractivity contribution in [3.8, 4) is 5.82 Å². The Kier molecular flexibility index (Phi) is 2.24. The Bertz CT molecular complexity index is 741. The van der Waals surface area contributed by atoms with Crippen LogP contribution in [0.4, 0.5) is 19.0 Å². The Hall–Kier alpha value is -2.58. The first-order valence-corrected chi connectivity index (χ1v) is 5.16. The van der Waals surface area contributed by atoms with E-state index in [1.165, 1.54) is 12.4 Å². The molecule has 0 aliphatic heterocycles. The van der Waals surface area contributed by atoms with Crippen molar-refractivity contribution in [1.29, 1.82) is 0 Å². The molecule has 0 aromatic carbocycles. The Morgan fingerprint density at radius 2 is 2.00 bits per heavy atom. The molecule has 98 valence electrons. The molecule has 0 bridgehead atoms. The van der Waals surface area contributed by atoms with Crippen molar-refractivity contribution in [3.63, 3.8) is 0 Å². The van der Waals surface area contributed by atoms with Crippen molar-refractivity contribution in [2.45, 2.75) is 6.18 Å². The monoisotopic (exact) mass is 268 g/mol. The van der Waals surface area contributed by atoms with Crippen LogP contribution in [0.25, 0.3) is 11.5 Å². The number of halogens is 3. The first kappa shape index (κ1) is 11.5. The summed E-state index contributed by atoms with van der Waals surface area (Å²) in [5, 5.41) is 3.65. The minimum absolute atomic E-state index is 0.139. The Labute approximate surface area is 104 Å². The molecule has 3 aromatic rings. The van der Waals surface area contributed by atoms with Gasteiger partial charge in [0.15, 0.2) is 11.5 Å². The molecule has 0 aliphatic carbocycles. The third-order valence-electron chi connectivity index (χ3n) is 2.50. The molecule has 0 aliphatic rings. The molecule has 6 nitrogen and oxygen atoms in total. The van der Waals surface area contributed by atoms with Gasteiger partial charge in [0.1, 0.15) is 5.82 Å². The van der Waals surface area contributed by atoms with Crippen LogP contribution >= 0.6 is 0 Å². The fraction of sp³-hybridized carbons (Fsp3) is 0.100.